The first kappa shape index (κ1) is 8.62. The number of fused-ring (bicyclic) bond motifs is 2. The Morgan fingerprint density at radius 3 is 2.00 bits per heavy atom. The zero-order valence-corrected chi connectivity index (χ0v) is 8.51. The van der Waals surface area contributed by atoms with E-state index < -0.39 is 0 Å². The summed E-state index contributed by atoms with van der Waals surface area (Å²) in [6, 6.07) is 0. The van der Waals surface area contributed by atoms with E-state index in [4.69, 9.17) is 0 Å². The molecule has 0 aliphatic carbocycles. The van der Waals surface area contributed by atoms with Crippen LogP contribution in [0.4, 0.5) is 0 Å². The molecule has 67 valence electrons. The molecule has 1 radical (unpaired) electrons. The van der Waals surface area contributed by atoms with E-state index in [9.17, 15) is 0 Å². The molecular weight excluding hydrogens is 145 g/mol. The molecule has 2 saturated heterocycles. The van der Waals surface area contributed by atoms with E-state index in [1.165, 1.54) is 25.9 Å². The Hall–Kier alpha value is 0.0249. The summed E-state index contributed by atoms with van der Waals surface area (Å²) in [7, 11) is 2.59. The van der Waals surface area contributed by atoms with Gasteiger partial charge in [-0.3, -0.25) is 4.90 Å². The largest absolute Gasteiger partial charge is 0.299 e. The quantitative estimate of drug-likeness (QED) is 0.496. The van der Waals surface area contributed by atoms with Crippen LogP contribution in [0.5, 0.6) is 0 Å². The average molecular weight is 164 g/mol. The third-order valence-electron chi connectivity index (χ3n) is 3.31. The minimum Gasteiger partial charge on any atom is -0.299 e. The van der Waals surface area contributed by atoms with Gasteiger partial charge in [-0.15, -0.1) is 0 Å². The van der Waals surface area contributed by atoms with Gasteiger partial charge in [0.2, 0.25) is 0 Å². The summed E-state index contributed by atoms with van der Waals surface area (Å²) in [6.45, 7) is 9.60. The maximum atomic E-state index is 2.65. The second-order valence-corrected chi connectivity index (χ2v) is 5.37. The Bertz CT molecular complexity index is 161. The molecule has 0 aromatic heterocycles. The predicted molar refractivity (Wildman–Crippen MR) is 53.8 cm³/mol. The number of likely N-dealkylation sites (tertiary alicyclic amines) is 1. The summed E-state index contributed by atoms with van der Waals surface area (Å²) in [5.41, 5.74) is 0.384. The Balaban J connectivity index is 2.03. The van der Waals surface area contributed by atoms with Crippen molar-refractivity contribution in [3.05, 3.63) is 0 Å². The standard InChI is InChI=1S/C10H19BN/c1-10(2,3)12-6-8-4-5-9(7-12)11-8/h8-9H,4-7H2,1-3H3. The van der Waals surface area contributed by atoms with Crippen LogP contribution in [-0.4, -0.2) is 30.8 Å². The molecule has 1 nitrogen and oxygen atoms in total. The molecular formula is C10H19BN. The van der Waals surface area contributed by atoms with Gasteiger partial charge in [-0.05, 0) is 33.9 Å². The van der Waals surface area contributed by atoms with Gasteiger partial charge in [-0.2, -0.15) is 0 Å². The number of rotatable bonds is 0. The van der Waals surface area contributed by atoms with Crippen LogP contribution in [0.25, 0.3) is 0 Å². The second kappa shape index (κ2) is 2.76. The first-order valence-electron chi connectivity index (χ1n) is 5.16. The third kappa shape index (κ3) is 1.54. The predicted octanol–water partition coefficient (Wildman–Crippen LogP) is 2.18. The number of hydrogen-bond acceptors (Lipinski definition) is 1. The Labute approximate surface area is 76.8 Å². The molecule has 2 unspecified atom stereocenters. The molecule has 0 aromatic rings. The maximum absolute atomic E-state index is 2.65. The summed E-state index contributed by atoms with van der Waals surface area (Å²) < 4.78 is 0. The lowest BCUT2D eigenvalue weighted by atomic mass is 9.57. The maximum Gasteiger partial charge on any atom is 0.121 e. The molecule has 0 N–H and O–H groups in total. The SMILES string of the molecule is CC(C)(C)N1CC2[B]C(CC2)C1. The summed E-state index contributed by atoms with van der Waals surface area (Å²) >= 11 is 0. The minimum atomic E-state index is 0.384. The summed E-state index contributed by atoms with van der Waals surface area (Å²) in [4.78, 5) is 2.65. The normalized spacial score (nSPS) is 36.6. The second-order valence-electron chi connectivity index (χ2n) is 5.37. The smallest absolute Gasteiger partial charge is 0.121 e. The number of hydrogen-bond donors (Lipinski definition) is 0. The highest BCUT2D eigenvalue weighted by atomic mass is 15.2. The van der Waals surface area contributed by atoms with Crippen LogP contribution < -0.4 is 0 Å². The van der Waals surface area contributed by atoms with Gasteiger partial charge in [-0.1, -0.05) is 24.5 Å². The third-order valence-corrected chi connectivity index (χ3v) is 3.31. The molecule has 0 saturated carbocycles. The van der Waals surface area contributed by atoms with Gasteiger partial charge in [0.25, 0.3) is 0 Å². The van der Waals surface area contributed by atoms with Gasteiger partial charge in [0.1, 0.15) is 7.28 Å². The lowest BCUT2D eigenvalue weighted by molar-refractivity contribution is 0.135. The highest BCUT2D eigenvalue weighted by Gasteiger charge is 2.37. The lowest BCUT2D eigenvalue weighted by Crippen LogP contribution is -2.47. The van der Waals surface area contributed by atoms with E-state index in [2.05, 4.69) is 33.0 Å². The molecule has 12 heavy (non-hydrogen) atoms. The molecule has 0 aromatic carbocycles. The summed E-state index contributed by atoms with van der Waals surface area (Å²) in [5.74, 6) is 1.81. The van der Waals surface area contributed by atoms with Crippen LogP contribution in [0.3, 0.4) is 0 Å². The molecule has 0 amide bonds. The van der Waals surface area contributed by atoms with E-state index in [1.54, 1.807) is 0 Å². The van der Waals surface area contributed by atoms with E-state index in [0.29, 0.717) is 5.54 Å². The average Bonchev–Trinajstić information content (AvgIpc) is 2.28. The van der Waals surface area contributed by atoms with Crippen molar-refractivity contribution in [1.82, 2.24) is 4.90 Å². The van der Waals surface area contributed by atoms with Gasteiger partial charge in [0.05, 0.1) is 0 Å². The van der Waals surface area contributed by atoms with Crippen LogP contribution in [0.1, 0.15) is 33.6 Å². The zero-order chi connectivity index (χ0) is 8.77. The fraction of sp³-hybridized carbons (Fsp3) is 1.00. The van der Waals surface area contributed by atoms with Crippen molar-refractivity contribution in [1.29, 1.82) is 0 Å². The van der Waals surface area contributed by atoms with Gasteiger partial charge >= 0.3 is 0 Å². The van der Waals surface area contributed by atoms with E-state index in [0.717, 1.165) is 11.6 Å². The zero-order valence-electron chi connectivity index (χ0n) is 8.51. The van der Waals surface area contributed by atoms with Crippen LogP contribution in [-0.2, 0) is 0 Å². The highest BCUT2D eigenvalue weighted by Crippen LogP contribution is 2.40. The first-order valence-corrected chi connectivity index (χ1v) is 5.16. The summed E-state index contributed by atoms with van der Waals surface area (Å²) in [5, 5.41) is 0. The van der Waals surface area contributed by atoms with Crippen LogP contribution in [0, 0.1) is 0 Å². The highest BCUT2D eigenvalue weighted by molar-refractivity contribution is 6.41. The van der Waals surface area contributed by atoms with Gasteiger partial charge in [-0.25, -0.2) is 0 Å². The van der Waals surface area contributed by atoms with Crippen molar-refractivity contribution in [3.63, 3.8) is 0 Å². The van der Waals surface area contributed by atoms with Gasteiger partial charge < -0.3 is 0 Å². The lowest BCUT2D eigenvalue weighted by Gasteiger charge is -2.41. The van der Waals surface area contributed by atoms with Crippen molar-refractivity contribution in [2.75, 3.05) is 13.1 Å². The van der Waals surface area contributed by atoms with E-state index >= 15 is 0 Å². The Morgan fingerprint density at radius 2 is 1.58 bits per heavy atom. The molecule has 2 bridgehead atoms. The van der Waals surface area contributed by atoms with Crippen molar-refractivity contribution < 1.29 is 0 Å². The van der Waals surface area contributed by atoms with Crippen LogP contribution >= 0.6 is 0 Å². The number of nitrogens with zero attached hydrogens (tertiary/aromatic N) is 1. The van der Waals surface area contributed by atoms with Crippen molar-refractivity contribution in [2.24, 2.45) is 0 Å². The van der Waals surface area contributed by atoms with Gasteiger partial charge in [0, 0.05) is 5.54 Å². The Morgan fingerprint density at radius 1 is 1.08 bits per heavy atom. The topological polar surface area (TPSA) is 3.24 Å². The molecule has 2 fully saturated rings. The van der Waals surface area contributed by atoms with Crippen molar-refractivity contribution >= 4 is 7.28 Å². The monoisotopic (exact) mass is 164 g/mol. The first-order chi connectivity index (χ1) is 5.55. The van der Waals surface area contributed by atoms with Crippen LogP contribution in [0.2, 0.25) is 11.6 Å². The molecule has 2 aliphatic heterocycles. The molecule has 0 spiro atoms. The van der Waals surface area contributed by atoms with E-state index in [1.807, 2.05) is 0 Å². The molecule has 2 heteroatoms. The van der Waals surface area contributed by atoms with Gasteiger partial charge in [0.15, 0.2) is 0 Å². The minimum absolute atomic E-state index is 0.384. The van der Waals surface area contributed by atoms with Crippen molar-refractivity contribution in [2.45, 2.75) is 50.8 Å². The molecule has 2 heterocycles. The summed E-state index contributed by atoms with van der Waals surface area (Å²) in [6.07, 6.45) is 2.88. The van der Waals surface area contributed by atoms with E-state index in [-0.39, 0.29) is 0 Å². The van der Waals surface area contributed by atoms with Crippen molar-refractivity contribution in [3.8, 4) is 0 Å². The fourth-order valence-electron chi connectivity index (χ4n) is 2.50. The van der Waals surface area contributed by atoms with Crippen LogP contribution in [0.15, 0.2) is 0 Å². The fourth-order valence-corrected chi connectivity index (χ4v) is 2.50. The molecule has 2 rings (SSSR count). The molecule has 2 atom stereocenters. The Kier molecular flexibility index (Phi) is 1.98. The molecule has 2 aliphatic rings.